The van der Waals surface area contributed by atoms with E-state index in [1.54, 1.807) is 17.7 Å². The largest absolute Gasteiger partial charge is 0.497 e. The van der Waals surface area contributed by atoms with E-state index in [0.29, 0.717) is 18.8 Å². The van der Waals surface area contributed by atoms with Crippen molar-refractivity contribution in [2.24, 2.45) is 0 Å². The summed E-state index contributed by atoms with van der Waals surface area (Å²) in [7, 11) is 1.63. The van der Waals surface area contributed by atoms with Gasteiger partial charge in [-0.1, -0.05) is 0 Å². The molecule has 1 aromatic carbocycles. The molecule has 3 rings (SSSR count). The highest BCUT2D eigenvalue weighted by atomic mass is 16.5. The number of rotatable bonds is 2. The summed E-state index contributed by atoms with van der Waals surface area (Å²) >= 11 is 0. The maximum Gasteiger partial charge on any atom is 0.254 e. The predicted molar refractivity (Wildman–Crippen MR) is 72.2 cm³/mol. The smallest absolute Gasteiger partial charge is 0.254 e. The van der Waals surface area contributed by atoms with Crippen molar-refractivity contribution in [3.8, 4) is 17.0 Å². The Kier molecular flexibility index (Phi) is 3.05. The third-order valence-corrected chi connectivity index (χ3v) is 3.27. The number of nitrogens with one attached hydrogen (secondary N) is 1. The molecule has 2 aromatic rings. The number of methoxy groups -OCH3 is 1. The van der Waals surface area contributed by atoms with Crippen molar-refractivity contribution in [3.05, 3.63) is 46.5 Å². The quantitative estimate of drug-likeness (QED) is 0.872. The van der Waals surface area contributed by atoms with Crippen LogP contribution in [-0.2, 0) is 13.1 Å². The lowest BCUT2D eigenvalue weighted by Crippen LogP contribution is -2.36. The number of hydrogen-bond donors (Lipinski definition) is 1. The Morgan fingerprint density at radius 1 is 1.32 bits per heavy atom. The first-order valence-corrected chi connectivity index (χ1v) is 6.24. The van der Waals surface area contributed by atoms with E-state index in [1.807, 2.05) is 24.3 Å². The van der Waals surface area contributed by atoms with E-state index in [1.165, 1.54) is 0 Å². The fraction of sp³-hybridized carbons (Fsp3) is 0.286. The Balaban J connectivity index is 2.05. The summed E-state index contributed by atoms with van der Waals surface area (Å²) in [6.45, 7) is 2.14. The fourth-order valence-corrected chi connectivity index (χ4v) is 2.23. The van der Waals surface area contributed by atoms with Crippen molar-refractivity contribution < 1.29 is 4.74 Å². The number of fused-ring (bicyclic) bond motifs is 1. The molecule has 1 aliphatic rings. The van der Waals surface area contributed by atoms with E-state index in [2.05, 4.69) is 10.3 Å². The zero-order valence-corrected chi connectivity index (χ0v) is 10.7. The maximum atomic E-state index is 12.1. The van der Waals surface area contributed by atoms with Crippen LogP contribution in [0.3, 0.4) is 0 Å². The molecule has 0 fully saturated rings. The van der Waals surface area contributed by atoms with Crippen LogP contribution in [0, 0.1) is 0 Å². The van der Waals surface area contributed by atoms with Crippen molar-refractivity contribution in [2.45, 2.75) is 13.1 Å². The predicted octanol–water partition coefficient (Wildman–Crippen LogP) is 1.02. The van der Waals surface area contributed by atoms with Crippen molar-refractivity contribution >= 4 is 0 Å². The van der Waals surface area contributed by atoms with Crippen molar-refractivity contribution in [3.63, 3.8) is 0 Å². The van der Waals surface area contributed by atoms with Crippen LogP contribution >= 0.6 is 0 Å². The molecule has 0 aliphatic carbocycles. The van der Waals surface area contributed by atoms with Gasteiger partial charge in [-0.25, -0.2) is 4.98 Å². The summed E-state index contributed by atoms with van der Waals surface area (Å²) in [4.78, 5) is 16.6. The second kappa shape index (κ2) is 4.85. The van der Waals surface area contributed by atoms with E-state index >= 15 is 0 Å². The van der Waals surface area contributed by atoms with Gasteiger partial charge in [0, 0.05) is 24.7 Å². The van der Waals surface area contributed by atoms with Crippen LogP contribution in [-0.4, -0.2) is 23.2 Å². The second-order valence-corrected chi connectivity index (χ2v) is 4.45. The molecule has 19 heavy (non-hydrogen) atoms. The van der Waals surface area contributed by atoms with Crippen LogP contribution in [0.2, 0.25) is 0 Å². The van der Waals surface area contributed by atoms with Gasteiger partial charge in [-0.2, -0.15) is 0 Å². The van der Waals surface area contributed by atoms with Gasteiger partial charge in [0.2, 0.25) is 0 Å². The first-order valence-electron chi connectivity index (χ1n) is 6.24. The minimum Gasteiger partial charge on any atom is -0.497 e. The lowest BCUT2D eigenvalue weighted by molar-refractivity contribution is 0.415. The van der Waals surface area contributed by atoms with Gasteiger partial charge in [0.05, 0.1) is 19.3 Å². The van der Waals surface area contributed by atoms with Crippen LogP contribution in [0.4, 0.5) is 0 Å². The average Bonchev–Trinajstić information content (AvgIpc) is 2.47. The molecule has 0 saturated carbocycles. The van der Waals surface area contributed by atoms with Crippen LogP contribution in [0.25, 0.3) is 11.3 Å². The molecule has 0 unspecified atom stereocenters. The first kappa shape index (κ1) is 11.9. The van der Waals surface area contributed by atoms with Gasteiger partial charge in [0.1, 0.15) is 11.6 Å². The highest BCUT2D eigenvalue weighted by molar-refractivity contribution is 5.59. The summed E-state index contributed by atoms with van der Waals surface area (Å²) < 4.78 is 6.85. The normalized spacial score (nSPS) is 13.9. The highest BCUT2D eigenvalue weighted by Gasteiger charge is 2.13. The van der Waals surface area contributed by atoms with Gasteiger partial charge in [0.25, 0.3) is 5.56 Å². The molecular formula is C14H15N3O2. The molecule has 5 nitrogen and oxygen atoms in total. The zero-order chi connectivity index (χ0) is 13.2. The lowest BCUT2D eigenvalue weighted by Gasteiger charge is -2.18. The van der Waals surface area contributed by atoms with Crippen LogP contribution in [0.5, 0.6) is 5.75 Å². The summed E-state index contributed by atoms with van der Waals surface area (Å²) in [6.07, 6.45) is 0. The average molecular weight is 257 g/mol. The number of benzene rings is 1. The monoisotopic (exact) mass is 257 g/mol. The van der Waals surface area contributed by atoms with Crippen molar-refractivity contribution in [1.29, 1.82) is 0 Å². The number of nitrogens with zero attached hydrogens (tertiary/aromatic N) is 2. The standard InChI is InChI=1S/C14H15N3O2/c1-19-11-4-2-10(3-5-11)12-8-14(18)17-7-6-15-9-13(17)16-12/h2-5,8,15H,6-7,9H2,1H3. The molecule has 0 bridgehead atoms. The Morgan fingerprint density at radius 2 is 2.11 bits per heavy atom. The third-order valence-electron chi connectivity index (χ3n) is 3.27. The molecule has 0 amide bonds. The van der Waals surface area contributed by atoms with Gasteiger partial charge in [-0.05, 0) is 24.3 Å². The number of aromatic nitrogens is 2. The Hall–Kier alpha value is -2.14. The van der Waals surface area contributed by atoms with Gasteiger partial charge in [-0.15, -0.1) is 0 Å². The zero-order valence-electron chi connectivity index (χ0n) is 10.7. The van der Waals surface area contributed by atoms with E-state index < -0.39 is 0 Å². The third kappa shape index (κ3) is 2.24. The van der Waals surface area contributed by atoms with E-state index in [4.69, 9.17) is 4.74 Å². The van der Waals surface area contributed by atoms with Crippen molar-refractivity contribution in [1.82, 2.24) is 14.9 Å². The molecule has 1 N–H and O–H groups in total. The van der Waals surface area contributed by atoms with Gasteiger partial charge < -0.3 is 10.1 Å². The van der Waals surface area contributed by atoms with Gasteiger partial charge >= 0.3 is 0 Å². The maximum absolute atomic E-state index is 12.1. The molecular weight excluding hydrogens is 242 g/mol. The van der Waals surface area contributed by atoms with Crippen LogP contribution in [0.15, 0.2) is 35.1 Å². The van der Waals surface area contributed by atoms with Gasteiger partial charge in [-0.3, -0.25) is 9.36 Å². The highest BCUT2D eigenvalue weighted by Crippen LogP contribution is 2.20. The first-order chi connectivity index (χ1) is 9.28. The molecule has 2 heterocycles. The van der Waals surface area contributed by atoms with Crippen molar-refractivity contribution in [2.75, 3.05) is 13.7 Å². The lowest BCUT2D eigenvalue weighted by atomic mass is 10.1. The minimum atomic E-state index is 0.0114. The topological polar surface area (TPSA) is 56.2 Å². The summed E-state index contributed by atoms with van der Waals surface area (Å²) in [6, 6.07) is 9.15. The van der Waals surface area contributed by atoms with Crippen LogP contribution in [0.1, 0.15) is 5.82 Å². The number of ether oxygens (including phenoxy) is 1. The van der Waals surface area contributed by atoms with Crippen LogP contribution < -0.4 is 15.6 Å². The molecule has 1 aliphatic heterocycles. The number of hydrogen-bond acceptors (Lipinski definition) is 4. The fourth-order valence-electron chi connectivity index (χ4n) is 2.23. The summed E-state index contributed by atoms with van der Waals surface area (Å²) in [5.74, 6) is 1.59. The van der Waals surface area contributed by atoms with E-state index in [9.17, 15) is 4.79 Å². The molecule has 0 atom stereocenters. The Bertz CT molecular complexity index is 647. The van der Waals surface area contributed by atoms with Gasteiger partial charge in [0.15, 0.2) is 0 Å². The SMILES string of the molecule is COc1ccc(-c2cc(=O)n3c(n2)CNCC3)cc1. The molecule has 0 spiro atoms. The van der Waals surface area contributed by atoms with E-state index in [-0.39, 0.29) is 5.56 Å². The molecule has 0 saturated heterocycles. The summed E-state index contributed by atoms with van der Waals surface area (Å²) in [5, 5.41) is 3.22. The molecule has 5 heteroatoms. The van der Waals surface area contributed by atoms with E-state index in [0.717, 1.165) is 23.7 Å². The second-order valence-electron chi connectivity index (χ2n) is 4.45. The summed E-state index contributed by atoms with van der Waals surface area (Å²) in [5.41, 5.74) is 1.65. The Labute approximate surface area is 110 Å². The molecule has 98 valence electrons. The molecule has 1 aromatic heterocycles. The Morgan fingerprint density at radius 3 is 2.84 bits per heavy atom. The molecule has 0 radical (unpaired) electrons. The minimum absolute atomic E-state index is 0.0114.